The van der Waals surface area contributed by atoms with Crippen LogP contribution in [0.25, 0.3) is 0 Å². The number of amides is 2. The molecule has 2 heterocycles. The first-order valence-electron chi connectivity index (χ1n) is 11.0. The first-order valence-corrected chi connectivity index (χ1v) is 11.0. The second-order valence-electron chi connectivity index (χ2n) is 8.13. The van der Waals surface area contributed by atoms with Gasteiger partial charge in [0.2, 0.25) is 5.91 Å². The Kier molecular flexibility index (Phi) is 6.77. The van der Waals surface area contributed by atoms with E-state index in [9.17, 15) is 14.0 Å². The van der Waals surface area contributed by atoms with E-state index >= 15 is 0 Å². The van der Waals surface area contributed by atoms with E-state index in [4.69, 9.17) is 9.15 Å². The van der Waals surface area contributed by atoms with Crippen LogP contribution in [0.1, 0.15) is 41.8 Å². The van der Waals surface area contributed by atoms with Crippen molar-refractivity contribution in [2.75, 3.05) is 20.2 Å². The molecule has 0 spiro atoms. The minimum Gasteiger partial charge on any atom is -0.484 e. The van der Waals surface area contributed by atoms with Crippen LogP contribution in [0.2, 0.25) is 0 Å². The SMILES string of the molecule is CCC(=O)N1CCc2ccc(OCC(=O)N(C)Cc3ccco3)cc2C1c1cccc(F)c1. The van der Waals surface area contributed by atoms with Gasteiger partial charge in [0.25, 0.3) is 5.91 Å². The highest BCUT2D eigenvalue weighted by atomic mass is 19.1. The van der Waals surface area contributed by atoms with Crippen molar-refractivity contribution in [3.05, 3.63) is 89.1 Å². The molecule has 0 fully saturated rings. The van der Waals surface area contributed by atoms with Gasteiger partial charge in [-0.25, -0.2) is 4.39 Å². The van der Waals surface area contributed by atoms with Gasteiger partial charge < -0.3 is 19.0 Å². The molecule has 6 nitrogen and oxygen atoms in total. The lowest BCUT2D eigenvalue weighted by molar-refractivity contribution is -0.133. The summed E-state index contributed by atoms with van der Waals surface area (Å²) in [6.45, 7) is 2.62. The van der Waals surface area contributed by atoms with Gasteiger partial charge in [-0.05, 0) is 59.5 Å². The Morgan fingerprint density at radius 3 is 2.76 bits per heavy atom. The Bertz CT molecular complexity index is 1130. The molecular formula is C26H27FN2O4. The number of carbonyl (C=O) groups excluding carboxylic acids is 2. The van der Waals surface area contributed by atoms with Gasteiger partial charge in [-0.15, -0.1) is 0 Å². The van der Waals surface area contributed by atoms with Crippen LogP contribution in [0.15, 0.2) is 65.3 Å². The van der Waals surface area contributed by atoms with E-state index in [0.29, 0.717) is 43.0 Å². The molecule has 7 heteroatoms. The summed E-state index contributed by atoms with van der Waals surface area (Å²) in [6, 6.07) is 15.2. The largest absolute Gasteiger partial charge is 0.484 e. The number of ether oxygens (including phenoxy) is 1. The maximum atomic E-state index is 14.0. The first-order chi connectivity index (χ1) is 16.0. The number of fused-ring (bicyclic) bond motifs is 1. The summed E-state index contributed by atoms with van der Waals surface area (Å²) in [4.78, 5) is 28.5. The highest BCUT2D eigenvalue weighted by Crippen LogP contribution is 2.37. The molecule has 1 atom stereocenters. The van der Waals surface area contributed by atoms with E-state index in [2.05, 4.69) is 0 Å². The van der Waals surface area contributed by atoms with E-state index in [0.717, 1.165) is 11.1 Å². The average molecular weight is 451 g/mol. The van der Waals surface area contributed by atoms with Crippen molar-refractivity contribution in [3.8, 4) is 5.75 Å². The Balaban J connectivity index is 1.55. The van der Waals surface area contributed by atoms with E-state index in [1.807, 2.05) is 37.3 Å². The maximum absolute atomic E-state index is 14.0. The molecule has 0 N–H and O–H groups in total. The predicted octanol–water partition coefficient (Wildman–Crippen LogP) is 4.34. The van der Waals surface area contributed by atoms with Crippen molar-refractivity contribution in [1.29, 1.82) is 0 Å². The fourth-order valence-corrected chi connectivity index (χ4v) is 4.17. The minimum atomic E-state index is -0.405. The second-order valence-corrected chi connectivity index (χ2v) is 8.13. The predicted molar refractivity (Wildman–Crippen MR) is 121 cm³/mol. The van der Waals surface area contributed by atoms with Crippen molar-refractivity contribution in [2.24, 2.45) is 0 Å². The smallest absolute Gasteiger partial charge is 0.260 e. The van der Waals surface area contributed by atoms with Crippen LogP contribution < -0.4 is 4.74 Å². The van der Waals surface area contributed by atoms with E-state index in [1.54, 1.807) is 30.3 Å². The monoisotopic (exact) mass is 450 g/mol. The lowest BCUT2D eigenvalue weighted by Crippen LogP contribution is -2.40. The Hall–Kier alpha value is -3.61. The third kappa shape index (κ3) is 5.08. The lowest BCUT2D eigenvalue weighted by Gasteiger charge is -2.38. The van der Waals surface area contributed by atoms with E-state index < -0.39 is 6.04 Å². The van der Waals surface area contributed by atoms with Gasteiger partial charge in [-0.2, -0.15) is 0 Å². The van der Waals surface area contributed by atoms with Gasteiger partial charge in [0.15, 0.2) is 6.61 Å². The van der Waals surface area contributed by atoms with Crippen LogP contribution >= 0.6 is 0 Å². The molecule has 0 radical (unpaired) electrons. The summed E-state index contributed by atoms with van der Waals surface area (Å²) in [5.41, 5.74) is 2.68. The molecule has 172 valence electrons. The third-order valence-electron chi connectivity index (χ3n) is 5.89. The van der Waals surface area contributed by atoms with Crippen LogP contribution in [0, 0.1) is 5.82 Å². The Labute approximate surface area is 192 Å². The Morgan fingerprint density at radius 1 is 1.18 bits per heavy atom. The molecule has 0 saturated heterocycles. The zero-order valence-corrected chi connectivity index (χ0v) is 18.8. The zero-order valence-electron chi connectivity index (χ0n) is 18.8. The molecule has 4 rings (SSSR count). The molecule has 0 bridgehead atoms. The molecule has 3 aromatic rings. The summed E-state index contributed by atoms with van der Waals surface area (Å²) in [7, 11) is 1.69. The molecule has 2 amide bonds. The summed E-state index contributed by atoms with van der Waals surface area (Å²) in [5.74, 6) is 0.699. The molecule has 2 aromatic carbocycles. The molecule has 1 aliphatic rings. The number of carbonyl (C=O) groups is 2. The van der Waals surface area contributed by atoms with Gasteiger partial charge in [0.1, 0.15) is 17.3 Å². The van der Waals surface area contributed by atoms with Crippen molar-refractivity contribution >= 4 is 11.8 Å². The third-order valence-corrected chi connectivity index (χ3v) is 5.89. The number of nitrogens with zero attached hydrogens (tertiary/aromatic N) is 2. The van der Waals surface area contributed by atoms with Crippen molar-refractivity contribution < 1.29 is 23.1 Å². The zero-order chi connectivity index (χ0) is 23.4. The number of likely N-dealkylation sites (N-methyl/N-ethyl adjacent to an activating group) is 1. The Morgan fingerprint density at radius 2 is 2.03 bits per heavy atom. The molecule has 1 unspecified atom stereocenters. The van der Waals surface area contributed by atoms with E-state index in [1.165, 1.54) is 17.0 Å². The summed E-state index contributed by atoms with van der Waals surface area (Å²) in [5, 5.41) is 0. The van der Waals surface area contributed by atoms with Gasteiger partial charge in [-0.1, -0.05) is 25.1 Å². The van der Waals surface area contributed by atoms with Crippen LogP contribution in [-0.2, 0) is 22.6 Å². The standard InChI is InChI=1S/C26H27FN2O4/c1-3-24(30)29-12-11-18-9-10-21(15-23(18)26(29)19-6-4-7-20(27)14-19)33-17-25(31)28(2)16-22-8-5-13-32-22/h4-10,13-15,26H,3,11-12,16-17H2,1-2H3. The molecule has 0 aliphatic carbocycles. The number of hydrogen-bond donors (Lipinski definition) is 0. The minimum absolute atomic E-state index is 0.0101. The molecule has 1 aliphatic heterocycles. The summed E-state index contributed by atoms with van der Waals surface area (Å²) >= 11 is 0. The second kappa shape index (κ2) is 9.90. The van der Waals surface area contributed by atoms with Crippen LogP contribution in [0.5, 0.6) is 5.75 Å². The fraction of sp³-hybridized carbons (Fsp3) is 0.308. The van der Waals surface area contributed by atoms with Gasteiger partial charge >= 0.3 is 0 Å². The quantitative estimate of drug-likeness (QED) is 0.537. The summed E-state index contributed by atoms with van der Waals surface area (Å²) < 4.78 is 25.1. The number of rotatable bonds is 7. The van der Waals surface area contributed by atoms with Crippen LogP contribution in [0.3, 0.4) is 0 Å². The van der Waals surface area contributed by atoms with Crippen molar-refractivity contribution in [2.45, 2.75) is 32.4 Å². The van der Waals surface area contributed by atoms with Gasteiger partial charge in [0.05, 0.1) is 18.8 Å². The van der Waals surface area contributed by atoms with Gasteiger partial charge in [-0.3, -0.25) is 9.59 Å². The highest BCUT2D eigenvalue weighted by molar-refractivity contribution is 5.78. The number of furan rings is 1. The summed E-state index contributed by atoms with van der Waals surface area (Å²) in [6.07, 6.45) is 2.64. The van der Waals surface area contributed by atoms with Crippen LogP contribution in [0.4, 0.5) is 4.39 Å². The number of benzene rings is 2. The number of halogens is 1. The topological polar surface area (TPSA) is 63.0 Å². The van der Waals surface area contributed by atoms with Crippen molar-refractivity contribution in [1.82, 2.24) is 9.80 Å². The maximum Gasteiger partial charge on any atom is 0.260 e. The lowest BCUT2D eigenvalue weighted by atomic mass is 9.87. The first kappa shape index (κ1) is 22.6. The normalized spacial score (nSPS) is 15.1. The van der Waals surface area contributed by atoms with Crippen molar-refractivity contribution in [3.63, 3.8) is 0 Å². The fourth-order valence-electron chi connectivity index (χ4n) is 4.17. The molecule has 33 heavy (non-hydrogen) atoms. The molecular weight excluding hydrogens is 423 g/mol. The van der Waals surface area contributed by atoms with Crippen LogP contribution in [-0.4, -0.2) is 41.8 Å². The highest BCUT2D eigenvalue weighted by Gasteiger charge is 2.32. The van der Waals surface area contributed by atoms with E-state index in [-0.39, 0.29) is 24.2 Å². The molecule has 0 saturated carbocycles. The van der Waals surface area contributed by atoms with Gasteiger partial charge in [0, 0.05) is 20.0 Å². The molecule has 1 aromatic heterocycles. The average Bonchev–Trinajstić information content (AvgIpc) is 3.34. The number of hydrogen-bond acceptors (Lipinski definition) is 4.